The summed E-state index contributed by atoms with van der Waals surface area (Å²) < 4.78 is 13.1. The number of rotatable bonds is 1. The zero-order chi connectivity index (χ0) is 8.27. The molecule has 1 aromatic rings. The molecule has 0 fully saturated rings. The third-order valence-corrected chi connectivity index (χ3v) is 2.03. The monoisotopic (exact) mass is 216 g/mol. The molecule has 0 amide bonds. The minimum atomic E-state index is -0.317. The average Bonchev–Trinajstić information content (AvgIpc) is 1.99. The molecule has 1 aromatic carbocycles. The first-order valence-electron chi connectivity index (χ1n) is 2.93. The molecule has 0 spiro atoms. The molecule has 58 valence electrons. The third-order valence-electron chi connectivity index (χ3n) is 1.20. The third kappa shape index (κ3) is 1.77. The number of nitrogens with two attached hydrogens (primary N) is 1. The van der Waals surface area contributed by atoms with E-state index < -0.39 is 0 Å². The van der Waals surface area contributed by atoms with Crippen LogP contribution in [0.4, 0.5) is 4.39 Å². The van der Waals surface area contributed by atoms with E-state index in [0.29, 0.717) is 10.0 Å². The van der Waals surface area contributed by atoms with Crippen LogP contribution in [0.5, 0.6) is 0 Å². The highest BCUT2D eigenvalue weighted by molar-refractivity contribution is 9.10. The summed E-state index contributed by atoms with van der Waals surface area (Å²) in [6, 6.07) is 4.67. The topological polar surface area (TPSA) is 38.4 Å². The Bertz CT molecular complexity index is 286. The Morgan fingerprint density at radius 3 is 2.91 bits per heavy atom. The van der Waals surface area contributed by atoms with E-state index >= 15 is 0 Å². The molecule has 1 rings (SSSR count). The Kier molecular flexibility index (Phi) is 2.59. The fraction of sp³-hybridized carbons (Fsp3) is 0. The quantitative estimate of drug-likeness (QED) is 0.435. The zero-order valence-electron chi connectivity index (χ0n) is 5.59. The smallest absolute Gasteiger partial charge is 0.138 e. The van der Waals surface area contributed by atoms with Crippen molar-refractivity contribution >= 4 is 22.1 Å². The maximum atomic E-state index is 12.8. The van der Waals surface area contributed by atoms with Gasteiger partial charge in [-0.1, -0.05) is 12.1 Å². The van der Waals surface area contributed by atoms with E-state index in [1.54, 1.807) is 12.1 Å². The minimum absolute atomic E-state index is 0.317. The normalized spacial score (nSPS) is 10.7. The molecular formula is C7H6BrFN2. The van der Waals surface area contributed by atoms with E-state index in [2.05, 4.69) is 21.0 Å². The van der Waals surface area contributed by atoms with Crippen molar-refractivity contribution in [2.24, 2.45) is 10.9 Å². The average molecular weight is 217 g/mol. The van der Waals surface area contributed by atoms with Gasteiger partial charge in [-0.2, -0.15) is 5.10 Å². The SMILES string of the molecule is NN=Cc1cccc(F)c1Br. The Morgan fingerprint density at radius 2 is 2.27 bits per heavy atom. The number of hydrogen-bond donors (Lipinski definition) is 1. The zero-order valence-corrected chi connectivity index (χ0v) is 7.18. The van der Waals surface area contributed by atoms with E-state index in [1.165, 1.54) is 12.3 Å². The van der Waals surface area contributed by atoms with Gasteiger partial charge >= 0.3 is 0 Å². The van der Waals surface area contributed by atoms with Crippen molar-refractivity contribution in [2.75, 3.05) is 0 Å². The maximum Gasteiger partial charge on any atom is 0.138 e. The summed E-state index contributed by atoms with van der Waals surface area (Å²) in [6.07, 6.45) is 1.38. The Labute approximate surface area is 72.0 Å². The molecule has 0 aromatic heterocycles. The molecule has 0 heterocycles. The standard InChI is InChI=1S/C7H6BrFN2/c8-7-5(4-11-10)2-1-3-6(7)9/h1-4H,10H2. The van der Waals surface area contributed by atoms with Gasteiger partial charge in [0.2, 0.25) is 0 Å². The summed E-state index contributed by atoms with van der Waals surface area (Å²) in [4.78, 5) is 0. The second kappa shape index (κ2) is 3.48. The van der Waals surface area contributed by atoms with Crippen molar-refractivity contribution in [1.82, 2.24) is 0 Å². The molecule has 11 heavy (non-hydrogen) atoms. The largest absolute Gasteiger partial charge is 0.323 e. The lowest BCUT2D eigenvalue weighted by Crippen LogP contribution is -1.89. The molecule has 0 radical (unpaired) electrons. The van der Waals surface area contributed by atoms with Gasteiger partial charge in [-0.05, 0) is 22.0 Å². The van der Waals surface area contributed by atoms with Crippen molar-refractivity contribution in [3.63, 3.8) is 0 Å². The molecule has 0 unspecified atom stereocenters. The molecule has 2 N–H and O–H groups in total. The van der Waals surface area contributed by atoms with Crippen LogP contribution >= 0.6 is 15.9 Å². The molecule has 0 saturated heterocycles. The molecule has 0 saturated carbocycles. The van der Waals surface area contributed by atoms with Crippen molar-refractivity contribution < 1.29 is 4.39 Å². The van der Waals surface area contributed by atoms with Gasteiger partial charge in [-0.25, -0.2) is 4.39 Å². The summed E-state index contributed by atoms with van der Waals surface area (Å²) in [7, 11) is 0. The summed E-state index contributed by atoms with van der Waals surface area (Å²) in [6.45, 7) is 0. The lowest BCUT2D eigenvalue weighted by molar-refractivity contribution is 0.621. The van der Waals surface area contributed by atoms with Crippen LogP contribution in [0.3, 0.4) is 0 Å². The fourth-order valence-electron chi connectivity index (χ4n) is 0.700. The molecule has 0 bridgehead atoms. The van der Waals surface area contributed by atoms with Gasteiger partial charge in [-0.3, -0.25) is 0 Å². The minimum Gasteiger partial charge on any atom is -0.323 e. The van der Waals surface area contributed by atoms with Crippen molar-refractivity contribution in [2.45, 2.75) is 0 Å². The van der Waals surface area contributed by atoms with E-state index in [-0.39, 0.29) is 5.82 Å². The predicted molar refractivity (Wildman–Crippen MR) is 45.9 cm³/mol. The van der Waals surface area contributed by atoms with E-state index in [0.717, 1.165) is 0 Å². The van der Waals surface area contributed by atoms with Crippen LogP contribution < -0.4 is 5.84 Å². The van der Waals surface area contributed by atoms with Crippen LogP contribution in [-0.2, 0) is 0 Å². The number of hydrogen-bond acceptors (Lipinski definition) is 2. The first-order valence-corrected chi connectivity index (χ1v) is 3.72. The summed E-state index contributed by atoms with van der Waals surface area (Å²) in [5.74, 6) is 4.59. The number of benzene rings is 1. The van der Waals surface area contributed by atoms with Gasteiger partial charge in [0.05, 0.1) is 10.7 Å². The van der Waals surface area contributed by atoms with Crippen LogP contribution in [-0.4, -0.2) is 6.21 Å². The molecule has 2 nitrogen and oxygen atoms in total. The van der Waals surface area contributed by atoms with Gasteiger partial charge < -0.3 is 5.84 Å². The van der Waals surface area contributed by atoms with Gasteiger partial charge in [0.25, 0.3) is 0 Å². The van der Waals surface area contributed by atoms with E-state index in [4.69, 9.17) is 5.84 Å². The van der Waals surface area contributed by atoms with Gasteiger partial charge in [-0.15, -0.1) is 0 Å². The molecule has 4 heteroatoms. The van der Waals surface area contributed by atoms with Gasteiger partial charge in [0, 0.05) is 5.56 Å². The van der Waals surface area contributed by atoms with E-state index in [9.17, 15) is 4.39 Å². The molecular weight excluding hydrogens is 211 g/mol. The molecule has 0 aliphatic carbocycles. The Morgan fingerprint density at radius 1 is 1.55 bits per heavy atom. The highest BCUT2D eigenvalue weighted by atomic mass is 79.9. The van der Waals surface area contributed by atoms with E-state index in [1.807, 2.05) is 0 Å². The van der Waals surface area contributed by atoms with Gasteiger partial charge in [0.1, 0.15) is 5.82 Å². The van der Waals surface area contributed by atoms with Crippen LogP contribution in [0.15, 0.2) is 27.8 Å². The first kappa shape index (κ1) is 8.20. The predicted octanol–water partition coefficient (Wildman–Crippen LogP) is 1.88. The lowest BCUT2D eigenvalue weighted by Gasteiger charge is -1.96. The maximum absolute atomic E-state index is 12.8. The summed E-state index contributed by atoms with van der Waals surface area (Å²) in [5, 5.41) is 3.29. The number of halogens is 2. The summed E-state index contributed by atoms with van der Waals surface area (Å²) >= 11 is 3.06. The number of nitrogens with zero attached hydrogens (tertiary/aromatic N) is 1. The van der Waals surface area contributed by atoms with Crippen LogP contribution in [0.2, 0.25) is 0 Å². The van der Waals surface area contributed by atoms with Gasteiger partial charge in [0.15, 0.2) is 0 Å². The fourth-order valence-corrected chi connectivity index (χ4v) is 1.07. The Hall–Kier alpha value is -0.900. The second-order valence-corrected chi connectivity index (χ2v) is 2.71. The van der Waals surface area contributed by atoms with Crippen LogP contribution in [0.1, 0.15) is 5.56 Å². The lowest BCUT2D eigenvalue weighted by atomic mass is 10.2. The first-order chi connectivity index (χ1) is 5.25. The van der Waals surface area contributed by atoms with Crippen LogP contribution in [0.25, 0.3) is 0 Å². The highest BCUT2D eigenvalue weighted by Crippen LogP contribution is 2.18. The highest BCUT2D eigenvalue weighted by Gasteiger charge is 2.01. The molecule has 0 aliphatic rings. The van der Waals surface area contributed by atoms with Crippen LogP contribution in [0, 0.1) is 5.82 Å². The number of hydrazone groups is 1. The molecule has 0 atom stereocenters. The van der Waals surface area contributed by atoms with Crippen molar-refractivity contribution in [1.29, 1.82) is 0 Å². The van der Waals surface area contributed by atoms with Crippen molar-refractivity contribution in [3.8, 4) is 0 Å². The second-order valence-electron chi connectivity index (χ2n) is 1.92. The van der Waals surface area contributed by atoms with Crippen molar-refractivity contribution in [3.05, 3.63) is 34.1 Å². The summed E-state index contributed by atoms with van der Waals surface area (Å²) in [5.41, 5.74) is 0.632. The molecule has 0 aliphatic heterocycles. The Balaban J connectivity index is 3.16.